The molecule has 1 amide bonds. The van der Waals surface area contributed by atoms with Crippen LogP contribution in [0, 0.1) is 0 Å². The zero-order valence-electron chi connectivity index (χ0n) is 12.8. The van der Waals surface area contributed by atoms with E-state index in [1.54, 1.807) is 6.07 Å². The van der Waals surface area contributed by atoms with E-state index < -0.39 is 15.4 Å². The third-order valence-electron chi connectivity index (χ3n) is 3.80. The van der Waals surface area contributed by atoms with E-state index in [4.69, 9.17) is 11.6 Å². The van der Waals surface area contributed by atoms with Crippen LogP contribution in [0.1, 0.15) is 19.4 Å². The maximum absolute atomic E-state index is 12.2. The number of rotatable bonds is 4. The smallest absolute Gasteiger partial charge is 0.234 e. The van der Waals surface area contributed by atoms with Gasteiger partial charge in [-0.15, -0.1) is 0 Å². The van der Waals surface area contributed by atoms with Gasteiger partial charge in [0.2, 0.25) is 5.91 Å². The van der Waals surface area contributed by atoms with Crippen LogP contribution in [0.3, 0.4) is 0 Å². The number of hydrogen-bond donors (Lipinski definition) is 1. The highest BCUT2D eigenvalue weighted by molar-refractivity contribution is 7.91. The average Bonchev–Trinajstić information content (AvgIpc) is 2.41. The molecule has 1 saturated heterocycles. The molecule has 0 radical (unpaired) electrons. The summed E-state index contributed by atoms with van der Waals surface area (Å²) in [5, 5.41) is 3.61. The lowest BCUT2D eigenvalue weighted by atomic mass is 9.94. The lowest BCUT2D eigenvalue weighted by Gasteiger charge is -2.30. The lowest BCUT2D eigenvalue weighted by Crippen LogP contribution is -2.49. The molecule has 0 saturated carbocycles. The number of nitrogens with one attached hydrogen (secondary N) is 1. The Morgan fingerprint density at radius 1 is 1.32 bits per heavy atom. The first kappa shape index (κ1) is 17.2. The highest BCUT2D eigenvalue weighted by Crippen LogP contribution is 2.23. The molecule has 0 atom stereocenters. The van der Waals surface area contributed by atoms with Gasteiger partial charge in [0.15, 0.2) is 9.84 Å². The molecule has 7 heteroatoms. The Balaban J connectivity index is 1.94. The molecule has 0 unspecified atom stereocenters. The largest absolute Gasteiger partial charge is 0.346 e. The van der Waals surface area contributed by atoms with Crippen LogP contribution in [0.25, 0.3) is 0 Å². The Kier molecular flexibility index (Phi) is 5.14. The Labute approximate surface area is 136 Å². The summed E-state index contributed by atoms with van der Waals surface area (Å²) < 4.78 is 22.8. The minimum Gasteiger partial charge on any atom is -0.346 e. The molecule has 1 aromatic rings. The van der Waals surface area contributed by atoms with Crippen LogP contribution in [0.4, 0.5) is 0 Å². The molecule has 122 valence electrons. The SMILES string of the molecule is CC(C)(NC(=O)CN1CCS(=O)(=O)CC1)c1cccc(Cl)c1. The molecule has 1 aromatic carbocycles. The van der Waals surface area contributed by atoms with Gasteiger partial charge in [-0.3, -0.25) is 9.69 Å². The Morgan fingerprint density at radius 3 is 2.55 bits per heavy atom. The van der Waals surface area contributed by atoms with Gasteiger partial charge in [-0.2, -0.15) is 0 Å². The van der Waals surface area contributed by atoms with Gasteiger partial charge >= 0.3 is 0 Å². The van der Waals surface area contributed by atoms with Gasteiger partial charge in [0.1, 0.15) is 0 Å². The predicted molar refractivity (Wildman–Crippen MR) is 87.7 cm³/mol. The van der Waals surface area contributed by atoms with Crippen LogP contribution in [-0.4, -0.2) is 50.4 Å². The third-order valence-corrected chi connectivity index (χ3v) is 5.65. The number of nitrogens with zero attached hydrogens (tertiary/aromatic N) is 1. The van der Waals surface area contributed by atoms with Gasteiger partial charge in [-0.25, -0.2) is 8.42 Å². The van der Waals surface area contributed by atoms with Gasteiger partial charge in [0, 0.05) is 18.1 Å². The van der Waals surface area contributed by atoms with Crippen molar-refractivity contribution in [1.82, 2.24) is 10.2 Å². The van der Waals surface area contributed by atoms with Gasteiger partial charge in [0.25, 0.3) is 0 Å². The van der Waals surface area contributed by atoms with Gasteiger partial charge in [-0.1, -0.05) is 23.7 Å². The van der Waals surface area contributed by atoms with E-state index in [2.05, 4.69) is 5.32 Å². The standard InChI is InChI=1S/C15H21ClN2O3S/c1-15(2,12-4-3-5-13(16)10-12)17-14(19)11-18-6-8-22(20,21)9-7-18/h3-5,10H,6-9,11H2,1-2H3,(H,17,19). The number of amides is 1. The van der Waals surface area contributed by atoms with E-state index in [0.717, 1.165) is 5.56 Å². The summed E-state index contributed by atoms with van der Waals surface area (Å²) in [6, 6.07) is 7.38. The summed E-state index contributed by atoms with van der Waals surface area (Å²) in [6.45, 7) is 4.86. The zero-order chi connectivity index (χ0) is 16.4. The summed E-state index contributed by atoms with van der Waals surface area (Å²) >= 11 is 5.99. The van der Waals surface area contributed by atoms with Crippen LogP contribution >= 0.6 is 11.6 Å². The number of benzene rings is 1. The van der Waals surface area contributed by atoms with Crippen LogP contribution < -0.4 is 5.32 Å². The fourth-order valence-corrected chi connectivity index (χ4v) is 3.92. The minimum atomic E-state index is -2.92. The molecule has 1 fully saturated rings. The highest BCUT2D eigenvalue weighted by atomic mass is 35.5. The number of hydrogen-bond acceptors (Lipinski definition) is 4. The van der Waals surface area contributed by atoms with Gasteiger partial charge in [0.05, 0.1) is 23.6 Å². The van der Waals surface area contributed by atoms with Crippen molar-refractivity contribution < 1.29 is 13.2 Å². The number of sulfone groups is 1. The second-order valence-electron chi connectivity index (χ2n) is 6.11. The first-order chi connectivity index (χ1) is 10.2. The van der Waals surface area contributed by atoms with E-state index >= 15 is 0 Å². The summed E-state index contributed by atoms with van der Waals surface area (Å²) in [7, 11) is -2.92. The van der Waals surface area contributed by atoms with Crippen molar-refractivity contribution in [3.05, 3.63) is 34.9 Å². The monoisotopic (exact) mass is 344 g/mol. The van der Waals surface area contributed by atoms with Crippen molar-refractivity contribution >= 4 is 27.3 Å². The van der Waals surface area contributed by atoms with E-state index in [0.29, 0.717) is 18.1 Å². The van der Waals surface area contributed by atoms with Crippen molar-refractivity contribution in [1.29, 1.82) is 0 Å². The molecule has 22 heavy (non-hydrogen) atoms. The summed E-state index contributed by atoms with van der Waals surface area (Å²) in [4.78, 5) is 14.1. The first-order valence-corrected chi connectivity index (χ1v) is 9.38. The molecule has 2 rings (SSSR count). The maximum Gasteiger partial charge on any atom is 0.234 e. The zero-order valence-corrected chi connectivity index (χ0v) is 14.4. The summed E-state index contributed by atoms with van der Waals surface area (Å²) in [6.07, 6.45) is 0. The molecule has 1 heterocycles. The van der Waals surface area contributed by atoms with Crippen LogP contribution in [0.2, 0.25) is 5.02 Å². The maximum atomic E-state index is 12.2. The van der Waals surface area contributed by atoms with E-state index in [9.17, 15) is 13.2 Å². The van der Waals surface area contributed by atoms with Crippen LogP contribution in [0.5, 0.6) is 0 Å². The molecular weight excluding hydrogens is 324 g/mol. The number of halogens is 1. The summed E-state index contributed by atoms with van der Waals surface area (Å²) in [5.74, 6) is 0.125. The van der Waals surface area contributed by atoms with E-state index in [-0.39, 0.29) is 24.0 Å². The van der Waals surface area contributed by atoms with Crippen LogP contribution in [0.15, 0.2) is 24.3 Å². The van der Waals surface area contributed by atoms with Crippen molar-refractivity contribution in [3.8, 4) is 0 Å². The predicted octanol–water partition coefficient (Wildman–Crippen LogP) is 1.42. The fourth-order valence-electron chi connectivity index (χ4n) is 2.45. The number of carbonyl (C=O) groups excluding carboxylic acids is 1. The van der Waals surface area contributed by atoms with E-state index in [1.807, 2.05) is 36.9 Å². The second-order valence-corrected chi connectivity index (χ2v) is 8.85. The van der Waals surface area contributed by atoms with Crippen molar-refractivity contribution in [2.24, 2.45) is 0 Å². The van der Waals surface area contributed by atoms with Crippen molar-refractivity contribution in [3.63, 3.8) is 0 Å². The molecule has 5 nitrogen and oxygen atoms in total. The van der Waals surface area contributed by atoms with Crippen molar-refractivity contribution in [2.45, 2.75) is 19.4 Å². The highest BCUT2D eigenvalue weighted by Gasteiger charge is 2.26. The lowest BCUT2D eigenvalue weighted by molar-refractivity contribution is -0.123. The normalized spacial score (nSPS) is 18.9. The Hall–Kier alpha value is -1.11. The molecule has 1 aliphatic heterocycles. The molecule has 1 aliphatic rings. The molecule has 0 aliphatic carbocycles. The van der Waals surface area contributed by atoms with Crippen LogP contribution in [-0.2, 0) is 20.2 Å². The molecule has 0 spiro atoms. The minimum absolute atomic E-state index is 0.121. The molecule has 0 aromatic heterocycles. The quantitative estimate of drug-likeness (QED) is 0.897. The first-order valence-electron chi connectivity index (χ1n) is 7.18. The second kappa shape index (κ2) is 6.56. The summed E-state index contributed by atoms with van der Waals surface area (Å²) in [5.41, 5.74) is 0.388. The topological polar surface area (TPSA) is 66.5 Å². The fraction of sp³-hybridized carbons (Fsp3) is 0.533. The van der Waals surface area contributed by atoms with Gasteiger partial charge in [-0.05, 0) is 31.5 Å². The third kappa shape index (κ3) is 4.69. The molecule has 0 bridgehead atoms. The Bertz CT molecular complexity index is 645. The average molecular weight is 345 g/mol. The van der Waals surface area contributed by atoms with E-state index in [1.165, 1.54) is 0 Å². The molecule has 1 N–H and O–H groups in total. The van der Waals surface area contributed by atoms with Gasteiger partial charge < -0.3 is 5.32 Å². The molecular formula is C15H21ClN2O3S. The van der Waals surface area contributed by atoms with Crippen molar-refractivity contribution in [2.75, 3.05) is 31.1 Å². The Morgan fingerprint density at radius 2 is 1.95 bits per heavy atom. The number of carbonyl (C=O) groups is 1.